The molecule has 1 atom stereocenters. The van der Waals surface area contributed by atoms with Crippen LogP contribution < -0.4 is 0 Å². The van der Waals surface area contributed by atoms with Crippen LogP contribution in [0.1, 0.15) is 88.3 Å². The minimum absolute atomic E-state index is 0.179. The van der Waals surface area contributed by atoms with Crippen molar-refractivity contribution < 1.29 is 9.90 Å². The van der Waals surface area contributed by atoms with Gasteiger partial charge in [0.15, 0.2) is 6.54 Å². The average Bonchev–Trinajstić information content (AvgIpc) is 3.11. The molecule has 1 aromatic heterocycles. The third-order valence-electron chi connectivity index (χ3n) is 4.99. The van der Waals surface area contributed by atoms with Crippen LogP contribution in [0.3, 0.4) is 0 Å². The molecule has 0 aliphatic heterocycles. The lowest BCUT2D eigenvalue weighted by atomic mass is 9.90. The molecule has 2 aromatic rings. The SMILES string of the molecule is CCCCCCCCCCCC(c1ccccc1)c1cnn(CC(=O)O)n1. The molecule has 0 saturated carbocycles. The molecule has 0 spiro atoms. The molecule has 1 heterocycles. The second kappa shape index (κ2) is 12.3. The van der Waals surface area contributed by atoms with E-state index in [-0.39, 0.29) is 12.5 Å². The minimum atomic E-state index is -0.924. The second-order valence-electron chi connectivity index (χ2n) is 7.27. The van der Waals surface area contributed by atoms with E-state index in [0.29, 0.717) is 0 Å². The van der Waals surface area contributed by atoms with Crippen LogP contribution in [0.5, 0.6) is 0 Å². The normalized spacial score (nSPS) is 12.2. The average molecular weight is 372 g/mol. The van der Waals surface area contributed by atoms with E-state index < -0.39 is 5.97 Å². The van der Waals surface area contributed by atoms with Crippen LogP contribution in [0.2, 0.25) is 0 Å². The predicted molar refractivity (Wildman–Crippen MR) is 108 cm³/mol. The van der Waals surface area contributed by atoms with Crippen molar-refractivity contribution in [1.82, 2.24) is 15.0 Å². The molecule has 1 N–H and O–H groups in total. The summed E-state index contributed by atoms with van der Waals surface area (Å²) in [4.78, 5) is 12.1. The van der Waals surface area contributed by atoms with Crippen molar-refractivity contribution in [2.75, 3.05) is 0 Å². The van der Waals surface area contributed by atoms with Crippen molar-refractivity contribution >= 4 is 5.97 Å². The number of nitrogens with zero attached hydrogens (tertiary/aromatic N) is 3. The van der Waals surface area contributed by atoms with Gasteiger partial charge in [-0.1, -0.05) is 95.0 Å². The molecular weight excluding hydrogens is 338 g/mol. The van der Waals surface area contributed by atoms with Gasteiger partial charge in [-0.3, -0.25) is 4.79 Å². The highest BCUT2D eigenvalue weighted by molar-refractivity contribution is 5.66. The highest BCUT2D eigenvalue weighted by Crippen LogP contribution is 2.28. The summed E-state index contributed by atoms with van der Waals surface area (Å²) in [6.45, 7) is 2.06. The molecule has 2 rings (SSSR count). The monoisotopic (exact) mass is 371 g/mol. The molecule has 0 fully saturated rings. The summed E-state index contributed by atoms with van der Waals surface area (Å²) in [6.07, 6.45) is 14.5. The molecule has 1 unspecified atom stereocenters. The van der Waals surface area contributed by atoms with Crippen molar-refractivity contribution in [2.45, 2.75) is 83.6 Å². The first-order valence-electron chi connectivity index (χ1n) is 10.4. The number of unbranched alkanes of at least 4 members (excludes halogenated alkanes) is 8. The van der Waals surface area contributed by atoms with Gasteiger partial charge in [-0.05, 0) is 12.0 Å². The van der Waals surface area contributed by atoms with E-state index in [1.54, 1.807) is 6.20 Å². The Balaban J connectivity index is 1.83. The van der Waals surface area contributed by atoms with Crippen molar-refractivity contribution in [3.8, 4) is 0 Å². The van der Waals surface area contributed by atoms with Gasteiger partial charge < -0.3 is 5.11 Å². The Bertz CT molecular complexity index is 655. The number of carbonyl (C=O) groups is 1. The lowest BCUT2D eigenvalue weighted by Crippen LogP contribution is -2.12. The molecule has 0 amide bonds. The highest BCUT2D eigenvalue weighted by atomic mass is 16.4. The van der Waals surface area contributed by atoms with E-state index in [0.717, 1.165) is 18.5 Å². The maximum atomic E-state index is 10.9. The Morgan fingerprint density at radius 2 is 1.63 bits per heavy atom. The fraction of sp³-hybridized carbons (Fsp3) is 0.591. The van der Waals surface area contributed by atoms with Crippen LogP contribution in [0.15, 0.2) is 36.5 Å². The fourth-order valence-electron chi connectivity index (χ4n) is 3.50. The highest BCUT2D eigenvalue weighted by Gasteiger charge is 2.18. The van der Waals surface area contributed by atoms with Gasteiger partial charge in [0.2, 0.25) is 0 Å². The van der Waals surface area contributed by atoms with Crippen LogP contribution in [-0.4, -0.2) is 26.1 Å². The van der Waals surface area contributed by atoms with Crippen molar-refractivity contribution in [3.05, 3.63) is 47.8 Å². The first-order chi connectivity index (χ1) is 13.2. The molecule has 0 aliphatic carbocycles. The molecule has 148 valence electrons. The lowest BCUT2D eigenvalue weighted by Gasteiger charge is -2.15. The van der Waals surface area contributed by atoms with E-state index in [4.69, 9.17) is 5.11 Å². The number of rotatable bonds is 14. The van der Waals surface area contributed by atoms with Gasteiger partial charge in [0.25, 0.3) is 0 Å². The van der Waals surface area contributed by atoms with E-state index >= 15 is 0 Å². The summed E-state index contributed by atoms with van der Waals surface area (Å²) >= 11 is 0. The zero-order valence-corrected chi connectivity index (χ0v) is 16.5. The number of benzene rings is 1. The van der Waals surface area contributed by atoms with Gasteiger partial charge in [0, 0.05) is 5.92 Å². The third-order valence-corrected chi connectivity index (χ3v) is 4.99. The number of hydrogen-bond donors (Lipinski definition) is 1. The first-order valence-corrected chi connectivity index (χ1v) is 10.4. The topological polar surface area (TPSA) is 68.0 Å². The van der Waals surface area contributed by atoms with E-state index in [2.05, 4.69) is 29.3 Å². The molecule has 1 aromatic carbocycles. The number of carboxylic acids is 1. The van der Waals surface area contributed by atoms with Gasteiger partial charge in [0.1, 0.15) is 0 Å². The fourth-order valence-corrected chi connectivity index (χ4v) is 3.50. The van der Waals surface area contributed by atoms with Crippen LogP contribution in [0.4, 0.5) is 0 Å². The quantitative estimate of drug-likeness (QED) is 0.451. The van der Waals surface area contributed by atoms with Crippen molar-refractivity contribution in [1.29, 1.82) is 0 Å². The van der Waals surface area contributed by atoms with Gasteiger partial charge >= 0.3 is 5.97 Å². The smallest absolute Gasteiger partial charge is 0.327 e. The number of carboxylic acid groups (broad SMARTS) is 1. The Morgan fingerprint density at radius 3 is 2.26 bits per heavy atom. The zero-order chi connectivity index (χ0) is 19.3. The summed E-state index contributed by atoms with van der Waals surface area (Å²) in [6, 6.07) is 10.3. The molecule has 0 aliphatic rings. The Kier molecular flexibility index (Phi) is 9.60. The zero-order valence-electron chi connectivity index (χ0n) is 16.5. The molecule has 0 radical (unpaired) electrons. The summed E-state index contributed by atoms with van der Waals surface area (Å²) in [5.41, 5.74) is 2.08. The lowest BCUT2D eigenvalue weighted by molar-refractivity contribution is -0.138. The molecule has 0 saturated heterocycles. The molecule has 27 heavy (non-hydrogen) atoms. The molecule has 0 bridgehead atoms. The minimum Gasteiger partial charge on any atom is -0.480 e. The van der Waals surface area contributed by atoms with E-state index in [9.17, 15) is 4.79 Å². The van der Waals surface area contributed by atoms with Crippen LogP contribution in [0.25, 0.3) is 0 Å². The molecular formula is C22H33N3O2. The summed E-state index contributed by atoms with van der Waals surface area (Å²) in [5, 5.41) is 17.5. The van der Waals surface area contributed by atoms with Crippen LogP contribution in [-0.2, 0) is 11.3 Å². The van der Waals surface area contributed by atoms with Gasteiger partial charge in [-0.25, -0.2) is 0 Å². The maximum absolute atomic E-state index is 10.9. The van der Waals surface area contributed by atoms with Gasteiger partial charge in [0.05, 0.1) is 11.9 Å². The largest absolute Gasteiger partial charge is 0.480 e. The van der Waals surface area contributed by atoms with E-state index in [1.807, 2.05) is 18.2 Å². The summed E-state index contributed by atoms with van der Waals surface area (Å²) in [5.74, 6) is -0.745. The second-order valence-corrected chi connectivity index (χ2v) is 7.27. The summed E-state index contributed by atoms with van der Waals surface area (Å²) < 4.78 is 0. The van der Waals surface area contributed by atoms with E-state index in [1.165, 1.54) is 61.7 Å². The Hall–Kier alpha value is -2.17. The van der Waals surface area contributed by atoms with Crippen molar-refractivity contribution in [3.63, 3.8) is 0 Å². The Labute approximate surface area is 162 Å². The third kappa shape index (κ3) is 7.94. The van der Waals surface area contributed by atoms with Gasteiger partial charge in [-0.2, -0.15) is 15.0 Å². The maximum Gasteiger partial charge on any atom is 0.327 e. The number of aliphatic carboxylic acids is 1. The first kappa shape index (κ1) is 21.1. The van der Waals surface area contributed by atoms with Gasteiger partial charge in [-0.15, -0.1) is 0 Å². The standard InChI is InChI=1S/C22H33N3O2/c1-2-3-4-5-6-7-8-9-13-16-20(19-14-11-10-12-15-19)21-17-23-25(24-21)18-22(26)27/h10-12,14-15,17,20H,2-9,13,16,18H2,1H3,(H,26,27). The predicted octanol–water partition coefficient (Wildman–Crippen LogP) is 5.42. The van der Waals surface area contributed by atoms with Crippen LogP contribution in [0, 0.1) is 0 Å². The molecule has 5 heteroatoms. The summed E-state index contributed by atoms with van der Waals surface area (Å²) in [7, 11) is 0. The number of hydrogen-bond acceptors (Lipinski definition) is 3. The van der Waals surface area contributed by atoms with Crippen molar-refractivity contribution in [2.24, 2.45) is 0 Å². The molecule has 5 nitrogen and oxygen atoms in total. The number of aromatic nitrogens is 3. The Morgan fingerprint density at radius 1 is 1.00 bits per heavy atom. The van der Waals surface area contributed by atoms with Crippen LogP contribution >= 0.6 is 0 Å².